The van der Waals surface area contributed by atoms with Gasteiger partial charge in [-0.3, -0.25) is 9.69 Å². The van der Waals surface area contributed by atoms with Crippen LogP contribution in [-0.2, 0) is 0 Å². The number of hydrogen-bond donors (Lipinski definition) is 1. The van der Waals surface area contributed by atoms with Crippen molar-refractivity contribution >= 4 is 44.2 Å². The van der Waals surface area contributed by atoms with E-state index in [1.165, 1.54) is 28.4 Å². The number of amides is 1. The van der Waals surface area contributed by atoms with Crippen molar-refractivity contribution in [3.63, 3.8) is 0 Å². The van der Waals surface area contributed by atoms with Gasteiger partial charge in [0.15, 0.2) is 5.13 Å². The average Bonchev–Trinajstić information content (AvgIpc) is 2.97. The van der Waals surface area contributed by atoms with Crippen LogP contribution in [-0.4, -0.2) is 38.1 Å². The molecule has 130 valence electrons. The molecule has 0 spiro atoms. The third kappa shape index (κ3) is 4.15. The Morgan fingerprint density at radius 2 is 2.08 bits per heavy atom. The summed E-state index contributed by atoms with van der Waals surface area (Å²) in [6.07, 6.45) is 0. The molecule has 25 heavy (non-hydrogen) atoms. The number of nitrogens with one attached hydrogen (secondary N) is 1. The minimum absolute atomic E-state index is 0.164. The highest BCUT2D eigenvalue weighted by molar-refractivity contribution is 7.22. The number of likely N-dealkylation sites (N-methyl/N-ethyl adjacent to an activating group) is 1. The fourth-order valence-electron chi connectivity index (χ4n) is 2.40. The van der Waals surface area contributed by atoms with Gasteiger partial charge >= 0.3 is 0 Å². The molecular weight excluding hydrogens is 361 g/mol. The van der Waals surface area contributed by atoms with E-state index in [4.69, 9.17) is 11.6 Å². The van der Waals surface area contributed by atoms with Gasteiger partial charge in [0.1, 0.15) is 5.82 Å². The second-order valence-corrected chi connectivity index (χ2v) is 7.48. The first-order chi connectivity index (χ1) is 11.9. The SMILES string of the molecule is C[NH+](C)CCN(C(=O)c1cccc(Cl)c1)c1nc2ccc(F)cc2s1. The summed E-state index contributed by atoms with van der Waals surface area (Å²) in [7, 11) is 4.05. The van der Waals surface area contributed by atoms with Gasteiger partial charge in [0, 0.05) is 10.6 Å². The number of fused-ring (bicyclic) bond motifs is 1. The van der Waals surface area contributed by atoms with Crippen LogP contribution in [0.15, 0.2) is 42.5 Å². The third-order valence-corrected chi connectivity index (χ3v) is 5.00. The van der Waals surface area contributed by atoms with Gasteiger partial charge in [0.25, 0.3) is 5.91 Å². The molecule has 0 bridgehead atoms. The number of carbonyl (C=O) groups is 1. The van der Waals surface area contributed by atoms with Crippen LogP contribution >= 0.6 is 22.9 Å². The quantitative estimate of drug-likeness (QED) is 0.741. The molecule has 3 aromatic rings. The number of nitrogens with zero attached hydrogens (tertiary/aromatic N) is 2. The number of quaternary nitrogens is 1. The average molecular weight is 379 g/mol. The maximum Gasteiger partial charge on any atom is 0.260 e. The topological polar surface area (TPSA) is 37.6 Å². The van der Waals surface area contributed by atoms with Crippen LogP contribution in [0.4, 0.5) is 9.52 Å². The van der Waals surface area contributed by atoms with Crippen molar-refractivity contribution < 1.29 is 14.1 Å². The van der Waals surface area contributed by atoms with Gasteiger partial charge in [-0.05, 0) is 36.4 Å². The molecular formula is C18H18ClFN3OS+. The van der Waals surface area contributed by atoms with Crippen LogP contribution in [0.5, 0.6) is 0 Å². The fraction of sp³-hybridized carbons (Fsp3) is 0.222. The van der Waals surface area contributed by atoms with Crippen molar-refractivity contribution in [1.82, 2.24) is 4.98 Å². The molecule has 4 nitrogen and oxygen atoms in total. The molecule has 0 aliphatic heterocycles. The fourth-order valence-corrected chi connectivity index (χ4v) is 3.60. The van der Waals surface area contributed by atoms with Crippen LogP contribution in [0.1, 0.15) is 10.4 Å². The molecule has 0 aliphatic carbocycles. The second-order valence-electron chi connectivity index (χ2n) is 6.03. The summed E-state index contributed by atoms with van der Waals surface area (Å²) in [6, 6.07) is 11.3. The van der Waals surface area contributed by atoms with Crippen molar-refractivity contribution in [3.8, 4) is 0 Å². The molecule has 7 heteroatoms. The summed E-state index contributed by atoms with van der Waals surface area (Å²) >= 11 is 7.33. The summed E-state index contributed by atoms with van der Waals surface area (Å²) in [5.41, 5.74) is 1.19. The highest BCUT2D eigenvalue weighted by atomic mass is 35.5. The Balaban J connectivity index is 1.99. The first kappa shape index (κ1) is 17.8. The van der Waals surface area contributed by atoms with Gasteiger partial charge < -0.3 is 4.90 Å². The molecule has 2 aromatic carbocycles. The molecule has 0 fully saturated rings. The summed E-state index contributed by atoms with van der Waals surface area (Å²) in [5, 5.41) is 1.07. The molecule has 3 rings (SSSR count). The minimum Gasteiger partial charge on any atom is -0.338 e. The Morgan fingerprint density at radius 3 is 2.80 bits per heavy atom. The van der Waals surface area contributed by atoms with Crippen molar-refractivity contribution in [2.24, 2.45) is 0 Å². The number of rotatable bonds is 5. The Labute approximate surface area is 154 Å². The largest absolute Gasteiger partial charge is 0.338 e. The normalized spacial score (nSPS) is 11.2. The molecule has 1 N–H and O–H groups in total. The first-order valence-electron chi connectivity index (χ1n) is 7.86. The predicted molar refractivity (Wildman–Crippen MR) is 100 cm³/mol. The van der Waals surface area contributed by atoms with E-state index in [0.29, 0.717) is 27.8 Å². The molecule has 0 aliphatic rings. The van der Waals surface area contributed by atoms with Crippen LogP contribution in [0.3, 0.4) is 0 Å². The van der Waals surface area contributed by atoms with Gasteiger partial charge in [-0.25, -0.2) is 9.37 Å². The van der Waals surface area contributed by atoms with E-state index in [1.54, 1.807) is 35.2 Å². The number of hydrogen-bond acceptors (Lipinski definition) is 3. The van der Waals surface area contributed by atoms with Gasteiger partial charge in [0.05, 0.1) is 37.4 Å². The van der Waals surface area contributed by atoms with E-state index in [-0.39, 0.29) is 11.7 Å². The highest BCUT2D eigenvalue weighted by Crippen LogP contribution is 2.30. The smallest absolute Gasteiger partial charge is 0.260 e. The van der Waals surface area contributed by atoms with Crippen molar-refractivity contribution in [2.75, 3.05) is 32.1 Å². The van der Waals surface area contributed by atoms with Crippen molar-refractivity contribution in [1.29, 1.82) is 0 Å². The molecule has 0 atom stereocenters. The van der Waals surface area contributed by atoms with Crippen LogP contribution < -0.4 is 9.80 Å². The van der Waals surface area contributed by atoms with Gasteiger partial charge in [-0.2, -0.15) is 0 Å². The van der Waals surface area contributed by atoms with E-state index in [2.05, 4.69) is 4.98 Å². The van der Waals surface area contributed by atoms with Gasteiger partial charge in [-0.1, -0.05) is 29.0 Å². The standard InChI is InChI=1S/C18H17ClFN3OS/c1-22(2)8-9-23(17(24)12-4-3-5-13(19)10-12)18-21-15-7-6-14(20)11-16(15)25-18/h3-7,10-11H,8-9H2,1-2H3/p+1. The zero-order valence-corrected chi connectivity index (χ0v) is 15.5. The maximum atomic E-state index is 13.4. The summed E-state index contributed by atoms with van der Waals surface area (Å²) in [6.45, 7) is 1.27. The lowest BCUT2D eigenvalue weighted by Gasteiger charge is -2.20. The summed E-state index contributed by atoms with van der Waals surface area (Å²) < 4.78 is 14.2. The lowest BCUT2D eigenvalue weighted by atomic mass is 10.2. The Kier molecular flexibility index (Phi) is 5.32. The lowest BCUT2D eigenvalue weighted by molar-refractivity contribution is -0.856. The van der Waals surface area contributed by atoms with E-state index < -0.39 is 0 Å². The first-order valence-corrected chi connectivity index (χ1v) is 9.06. The Hall–Kier alpha value is -2.02. The maximum absolute atomic E-state index is 13.4. The van der Waals surface area contributed by atoms with Gasteiger partial charge in [0.2, 0.25) is 0 Å². The molecule has 0 unspecified atom stereocenters. The van der Waals surface area contributed by atoms with Crippen LogP contribution in [0.2, 0.25) is 5.02 Å². The van der Waals surface area contributed by atoms with E-state index >= 15 is 0 Å². The highest BCUT2D eigenvalue weighted by Gasteiger charge is 2.22. The second kappa shape index (κ2) is 7.47. The monoisotopic (exact) mass is 378 g/mol. The van der Waals surface area contributed by atoms with Crippen LogP contribution in [0.25, 0.3) is 10.2 Å². The predicted octanol–water partition coefficient (Wildman–Crippen LogP) is 2.88. The lowest BCUT2D eigenvalue weighted by Crippen LogP contribution is -3.06. The van der Waals surface area contributed by atoms with Gasteiger partial charge in [-0.15, -0.1) is 0 Å². The van der Waals surface area contributed by atoms with Crippen molar-refractivity contribution in [2.45, 2.75) is 0 Å². The summed E-state index contributed by atoms with van der Waals surface area (Å²) in [4.78, 5) is 20.4. The molecule has 1 heterocycles. The van der Waals surface area contributed by atoms with E-state index in [9.17, 15) is 9.18 Å². The number of halogens is 2. The summed E-state index contributed by atoms with van der Waals surface area (Å²) in [5.74, 6) is -0.476. The minimum atomic E-state index is -0.312. The van der Waals surface area contributed by atoms with Crippen LogP contribution in [0, 0.1) is 5.82 Å². The third-order valence-electron chi connectivity index (χ3n) is 3.72. The molecule has 1 aromatic heterocycles. The number of anilines is 1. The van der Waals surface area contributed by atoms with Crippen molar-refractivity contribution in [3.05, 3.63) is 58.9 Å². The number of aromatic nitrogens is 1. The molecule has 1 amide bonds. The Bertz CT molecular complexity index is 912. The number of carbonyl (C=O) groups excluding carboxylic acids is 1. The van der Waals surface area contributed by atoms with E-state index in [0.717, 1.165) is 11.2 Å². The van der Waals surface area contributed by atoms with E-state index in [1.807, 2.05) is 14.1 Å². The Morgan fingerprint density at radius 1 is 1.28 bits per heavy atom. The molecule has 0 radical (unpaired) electrons. The molecule has 0 saturated heterocycles. The number of benzene rings is 2. The zero-order valence-electron chi connectivity index (χ0n) is 13.9. The number of thiazole rings is 1. The zero-order chi connectivity index (χ0) is 18.0. The molecule has 0 saturated carbocycles.